The van der Waals surface area contributed by atoms with E-state index in [1.807, 2.05) is 25.1 Å². The number of nitrogens with two attached hydrogens (primary N) is 1. The zero-order valence-corrected chi connectivity index (χ0v) is 10.4. The maximum absolute atomic E-state index is 12.3. The Balaban J connectivity index is 2.32. The molecule has 4 nitrogen and oxygen atoms in total. The molecule has 0 spiro atoms. The van der Waals surface area contributed by atoms with Crippen molar-refractivity contribution in [3.8, 4) is 0 Å². The first kappa shape index (κ1) is 12.1. The van der Waals surface area contributed by atoms with Crippen molar-refractivity contribution in [2.45, 2.75) is 6.92 Å². The smallest absolute Gasteiger partial charge is 0.259 e. The molecule has 0 saturated heterocycles. The van der Waals surface area contributed by atoms with Crippen LogP contribution in [0.3, 0.4) is 0 Å². The van der Waals surface area contributed by atoms with Gasteiger partial charge in [0.2, 0.25) is 0 Å². The van der Waals surface area contributed by atoms with E-state index >= 15 is 0 Å². The van der Waals surface area contributed by atoms with Crippen LogP contribution in [0, 0.1) is 6.92 Å². The van der Waals surface area contributed by atoms with Crippen LogP contribution in [-0.2, 0) is 0 Å². The second-order valence-corrected chi connectivity index (χ2v) is 4.13. The summed E-state index contributed by atoms with van der Waals surface area (Å²) in [5.74, 6) is 0.453. The fourth-order valence-electron chi connectivity index (χ4n) is 1.72. The third kappa shape index (κ3) is 2.32. The Hall–Kier alpha value is -2.36. The third-order valence-electron chi connectivity index (χ3n) is 2.79. The second kappa shape index (κ2) is 4.87. The van der Waals surface area contributed by atoms with E-state index < -0.39 is 0 Å². The fraction of sp³-hybridized carbons (Fsp3) is 0.143. The van der Waals surface area contributed by atoms with Crippen LogP contribution in [0.2, 0.25) is 0 Å². The summed E-state index contributed by atoms with van der Waals surface area (Å²) in [6, 6.07) is 10.8. The number of amides is 1. The van der Waals surface area contributed by atoms with Gasteiger partial charge in [-0.05, 0) is 24.6 Å². The molecule has 1 amide bonds. The van der Waals surface area contributed by atoms with Gasteiger partial charge in [-0.3, -0.25) is 9.69 Å². The highest BCUT2D eigenvalue weighted by atomic mass is 16.2. The Bertz CT molecular complexity index is 581. The number of carbonyl (C=O) groups excluding carboxylic acids is 1. The minimum atomic E-state index is -0.0915. The van der Waals surface area contributed by atoms with Gasteiger partial charge in [-0.25, -0.2) is 4.98 Å². The lowest BCUT2D eigenvalue weighted by molar-refractivity contribution is 0.0992. The summed E-state index contributed by atoms with van der Waals surface area (Å²) < 4.78 is 0. The van der Waals surface area contributed by atoms with Crippen LogP contribution in [-0.4, -0.2) is 17.9 Å². The molecule has 92 valence electrons. The number of benzene rings is 1. The molecule has 0 bridgehead atoms. The van der Waals surface area contributed by atoms with E-state index in [0.29, 0.717) is 17.1 Å². The predicted molar refractivity (Wildman–Crippen MR) is 72.6 cm³/mol. The molecule has 0 saturated carbocycles. The first-order valence-corrected chi connectivity index (χ1v) is 5.65. The summed E-state index contributed by atoms with van der Waals surface area (Å²) in [5.41, 5.74) is 7.89. The molecular weight excluding hydrogens is 226 g/mol. The first-order chi connectivity index (χ1) is 8.59. The van der Waals surface area contributed by atoms with Crippen molar-refractivity contribution >= 4 is 17.4 Å². The van der Waals surface area contributed by atoms with Crippen molar-refractivity contribution in [1.82, 2.24) is 4.98 Å². The topological polar surface area (TPSA) is 59.2 Å². The zero-order chi connectivity index (χ0) is 13.1. The maximum atomic E-state index is 12.3. The second-order valence-electron chi connectivity index (χ2n) is 4.13. The van der Waals surface area contributed by atoms with Crippen LogP contribution in [0.4, 0.5) is 11.5 Å². The van der Waals surface area contributed by atoms with Gasteiger partial charge in [0.25, 0.3) is 5.91 Å². The highest BCUT2D eigenvalue weighted by Gasteiger charge is 2.15. The Morgan fingerprint density at radius 1 is 1.28 bits per heavy atom. The summed E-state index contributed by atoms with van der Waals surface area (Å²) in [6.07, 6.45) is 1.59. The summed E-state index contributed by atoms with van der Waals surface area (Å²) in [5, 5.41) is 0. The lowest BCUT2D eigenvalue weighted by Gasteiger charge is -2.17. The Labute approximate surface area is 106 Å². The fourth-order valence-corrected chi connectivity index (χ4v) is 1.72. The molecule has 2 aromatic rings. The number of aryl methyl sites for hydroxylation is 1. The minimum absolute atomic E-state index is 0.0915. The van der Waals surface area contributed by atoms with Crippen LogP contribution in [0.1, 0.15) is 15.9 Å². The number of anilines is 2. The molecule has 2 N–H and O–H groups in total. The van der Waals surface area contributed by atoms with Crippen molar-refractivity contribution in [1.29, 1.82) is 0 Å². The van der Waals surface area contributed by atoms with Crippen LogP contribution >= 0.6 is 0 Å². The van der Waals surface area contributed by atoms with Gasteiger partial charge in [0.05, 0.1) is 0 Å². The van der Waals surface area contributed by atoms with Crippen molar-refractivity contribution in [2.24, 2.45) is 0 Å². The van der Waals surface area contributed by atoms with Gasteiger partial charge < -0.3 is 5.73 Å². The normalized spacial score (nSPS) is 10.1. The lowest BCUT2D eigenvalue weighted by Crippen LogP contribution is -2.27. The molecule has 1 heterocycles. The molecule has 0 aliphatic rings. The largest absolute Gasteiger partial charge is 0.399 e. The Kier molecular flexibility index (Phi) is 3.28. The van der Waals surface area contributed by atoms with Crippen molar-refractivity contribution < 1.29 is 4.79 Å². The molecule has 0 aliphatic heterocycles. The highest BCUT2D eigenvalue weighted by Crippen LogP contribution is 2.17. The van der Waals surface area contributed by atoms with E-state index in [9.17, 15) is 4.79 Å². The standard InChI is InChI=1S/C14H15N3O/c1-10-5-3-4-6-12(10)14(18)17(2)13-9-11(15)7-8-16-13/h3-9H,1-2H3,(H2,15,16). The van der Waals surface area contributed by atoms with E-state index in [4.69, 9.17) is 5.73 Å². The van der Waals surface area contributed by atoms with E-state index in [2.05, 4.69) is 4.98 Å². The first-order valence-electron chi connectivity index (χ1n) is 5.65. The van der Waals surface area contributed by atoms with E-state index in [-0.39, 0.29) is 5.91 Å². The average molecular weight is 241 g/mol. The molecule has 0 unspecified atom stereocenters. The number of hydrogen-bond acceptors (Lipinski definition) is 3. The number of rotatable bonds is 2. The summed E-state index contributed by atoms with van der Waals surface area (Å²) in [7, 11) is 1.69. The quantitative estimate of drug-likeness (QED) is 0.877. The molecule has 2 rings (SSSR count). The maximum Gasteiger partial charge on any atom is 0.259 e. The molecule has 0 atom stereocenters. The lowest BCUT2D eigenvalue weighted by atomic mass is 10.1. The van der Waals surface area contributed by atoms with Gasteiger partial charge in [-0.2, -0.15) is 0 Å². The molecule has 0 radical (unpaired) electrons. The van der Waals surface area contributed by atoms with Crippen molar-refractivity contribution in [3.05, 3.63) is 53.7 Å². The SMILES string of the molecule is Cc1ccccc1C(=O)N(C)c1cc(N)ccn1. The van der Waals surface area contributed by atoms with E-state index in [0.717, 1.165) is 5.56 Å². The van der Waals surface area contributed by atoms with Crippen molar-refractivity contribution in [2.75, 3.05) is 17.7 Å². The van der Waals surface area contributed by atoms with Gasteiger partial charge in [-0.15, -0.1) is 0 Å². The van der Waals surface area contributed by atoms with E-state index in [1.54, 1.807) is 31.4 Å². The van der Waals surface area contributed by atoms with Gasteiger partial charge in [-0.1, -0.05) is 18.2 Å². The number of nitrogen functional groups attached to an aromatic ring is 1. The van der Waals surface area contributed by atoms with Crippen LogP contribution in [0.5, 0.6) is 0 Å². The average Bonchev–Trinajstić information content (AvgIpc) is 2.37. The summed E-state index contributed by atoms with van der Waals surface area (Å²) in [6.45, 7) is 1.91. The molecular formula is C14H15N3O. The van der Waals surface area contributed by atoms with E-state index in [1.165, 1.54) is 4.90 Å². The number of nitrogens with zero attached hydrogens (tertiary/aromatic N) is 2. The van der Waals surface area contributed by atoms with Crippen molar-refractivity contribution in [3.63, 3.8) is 0 Å². The molecule has 18 heavy (non-hydrogen) atoms. The number of pyridine rings is 1. The molecule has 1 aromatic carbocycles. The zero-order valence-electron chi connectivity index (χ0n) is 10.4. The Morgan fingerprint density at radius 3 is 2.67 bits per heavy atom. The van der Waals surface area contributed by atoms with Crippen LogP contribution < -0.4 is 10.6 Å². The third-order valence-corrected chi connectivity index (χ3v) is 2.79. The highest BCUT2D eigenvalue weighted by molar-refractivity contribution is 6.06. The minimum Gasteiger partial charge on any atom is -0.399 e. The monoisotopic (exact) mass is 241 g/mol. The Morgan fingerprint density at radius 2 is 2.00 bits per heavy atom. The molecule has 1 aromatic heterocycles. The molecule has 0 fully saturated rings. The number of aromatic nitrogens is 1. The predicted octanol–water partition coefficient (Wildman–Crippen LogP) is 2.25. The van der Waals surface area contributed by atoms with Gasteiger partial charge in [0.1, 0.15) is 5.82 Å². The molecule has 4 heteroatoms. The summed E-state index contributed by atoms with van der Waals surface area (Å²) >= 11 is 0. The van der Waals surface area contributed by atoms with Crippen LogP contribution in [0.25, 0.3) is 0 Å². The number of carbonyl (C=O) groups is 1. The van der Waals surface area contributed by atoms with Gasteiger partial charge >= 0.3 is 0 Å². The van der Waals surface area contributed by atoms with Crippen LogP contribution in [0.15, 0.2) is 42.6 Å². The number of hydrogen-bond donors (Lipinski definition) is 1. The van der Waals surface area contributed by atoms with Gasteiger partial charge in [0.15, 0.2) is 0 Å². The van der Waals surface area contributed by atoms with Gasteiger partial charge in [0, 0.05) is 30.6 Å². The molecule has 0 aliphatic carbocycles. The summed E-state index contributed by atoms with van der Waals surface area (Å²) in [4.78, 5) is 18.0.